The van der Waals surface area contributed by atoms with Crippen LogP contribution in [0.3, 0.4) is 0 Å². The number of benzene rings is 1. The first kappa shape index (κ1) is 14.8. The summed E-state index contributed by atoms with van der Waals surface area (Å²) in [5, 5.41) is 13.6. The predicted octanol–water partition coefficient (Wildman–Crippen LogP) is 2.96. The van der Waals surface area contributed by atoms with Gasteiger partial charge in [0.05, 0.1) is 36.0 Å². The molecule has 0 amide bonds. The molecular formula is C13H14FN3O4. The number of ether oxygens (including phenoxy) is 1. The summed E-state index contributed by atoms with van der Waals surface area (Å²) in [5.41, 5.74) is 0.405. The molecule has 0 bridgehead atoms. The Bertz CT molecular complexity index is 665. The molecule has 0 spiro atoms. The highest BCUT2D eigenvalue weighted by Gasteiger charge is 2.19. The summed E-state index contributed by atoms with van der Waals surface area (Å²) in [4.78, 5) is 14.2. The number of methoxy groups -OCH3 is 1. The number of hydrogen-bond acceptors (Lipinski definition) is 6. The van der Waals surface area contributed by atoms with Crippen LogP contribution < -0.4 is 10.1 Å². The van der Waals surface area contributed by atoms with E-state index < -0.39 is 16.4 Å². The minimum atomic E-state index is -0.748. The number of nitro benzene ring substituents is 1. The topological polar surface area (TPSA) is 90.4 Å². The minimum absolute atomic E-state index is 0.0244. The SMILES string of the molecule is COc1cc(NCc2nc(C)c(C)o2)c(F)cc1[N+](=O)[O-]. The molecule has 0 aliphatic carbocycles. The van der Waals surface area contributed by atoms with E-state index in [0.29, 0.717) is 11.7 Å². The molecule has 1 aromatic heterocycles. The van der Waals surface area contributed by atoms with E-state index in [-0.39, 0.29) is 18.0 Å². The molecule has 112 valence electrons. The van der Waals surface area contributed by atoms with Gasteiger partial charge in [0.1, 0.15) is 5.76 Å². The fraction of sp³-hybridized carbons (Fsp3) is 0.308. The Morgan fingerprint density at radius 3 is 2.71 bits per heavy atom. The second kappa shape index (κ2) is 5.78. The summed E-state index contributed by atoms with van der Waals surface area (Å²) >= 11 is 0. The van der Waals surface area contributed by atoms with Crippen molar-refractivity contribution in [2.75, 3.05) is 12.4 Å². The van der Waals surface area contributed by atoms with Gasteiger partial charge in [-0.3, -0.25) is 10.1 Å². The number of halogens is 1. The van der Waals surface area contributed by atoms with E-state index in [1.54, 1.807) is 13.8 Å². The number of nitrogens with one attached hydrogen (secondary N) is 1. The Hall–Kier alpha value is -2.64. The lowest BCUT2D eigenvalue weighted by atomic mass is 10.2. The van der Waals surface area contributed by atoms with Gasteiger partial charge in [-0.05, 0) is 13.8 Å². The van der Waals surface area contributed by atoms with Crippen molar-refractivity contribution in [2.24, 2.45) is 0 Å². The molecule has 1 aromatic carbocycles. The number of hydrogen-bond donors (Lipinski definition) is 1. The van der Waals surface area contributed by atoms with Crippen LogP contribution in [0.4, 0.5) is 15.8 Å². The molecule has 0 saturated heterocycles. The van der Waals surface area contributed by atoms with Crippen LogP contribution in [0.5, 0.6) is 5.75 Å². The van der Waals surface area contributed by atoms with Gasteiger partial charge in [0.15, 0.2) is 11.6 Å². The van der Waals surface area contributed by atoms with E-state index >= 15 is 0 Å². The lowest BCUT2D eigenvalue weighted by Gasteiger charge is -2.08. The van der Waals surface area contributed by atoms with Crippen molar-refractivity contribution in [1.29, 1.82) is 0 Å². The van der Waals surface area contributed by atoms with Gasteiger partial charge in [0.25, 0.3) is 0 Å². The Labute approximate surface area is 119 Å². The van der Waals surface area contributed by atoms with Crippen molar-refractivity contribution < 1.29 is 18.5 Å². The largest absolute Gasteiger partial charge is 0.490 e. The zero-order valence-corrected chi connectivity index (χ0v) is 11.8. The van der Waals surface area contributed by atoms with E-state index in [2.05, 4.69) is 10.3 Å². The Kier molecular flexibility index (Phi) is 4.06. The molecule has 0 aliphatic heterocycles. The van der Waals surface area contributed by atoms with Crippen LogP contribution in [0.15, 0.2) is 16.5 Å². The van der Waals surface area contributed by atoms with Crippen molar-refractivity contribution >= 4 is 11.4 Å². The molecular weight excluding hydrogens is 281 g/mol. The smallest absolute Gasteiger partial charge is 0.313 e. The number of oxazole rings is 1. The average molecular weight is 295 g/mol. The van der Waals surface area contributed by atoms with Gasteiger partial charge in [-0.2, -0.15) is 0 Å². The number of nitro groups is 1. The first-order chi connectivity index (χ1) is 9.92. The number of nitrogens with zero attached hydrogens (tertiary/aromatic N) is 2. The van der Waals surface area contributed by atoms with Crippen LogP contribution >= 0.6 is 0 Å². The third-order valence-electron chi connectivity index (χ3n) is 2.97. The number of aryl methyl sites for hydroxylation is 2. The molecule has 2 aromatic rings. The summed E-state index contributed by atoms with van der Waals surface area (Å²) < 4.78 is 24.1. The highest BCUT2D eigenvalue weighted by molar-refractivity contribution is 5.59. The second-order valence-electron chi connectivity index (χ2n) is 4.36. The molecule has 0 unspecified atom stereocenters. The fourth-order valence-electron chi connectivity index (χ4n) is 1.77. The zero-order valence-electron chi connectivity index (χ0n) is 11.8. The standard InChI is InChI=1S/C13H14FN3O4/c1-7-8(2)21-13(16-7)6-15-10-5-12(20-3)11(17(18)19)4-9(10)14/h4-5,15H,6H2,1-3H3. The van der Waals surface area contributed by atoms with Crippen molar-refractivity contribution in [3.05, 3.63) is 45.4 Å². The van der Waals surface area contributed by atoms with Crippen LogP contribution in [0.25, 0.3) is 0 Å². The Morgan fingerprint density at radius 2 is 2.19 bits per heavy atom. The van der Waals surface area contributed by atoms with Gasteiger partial charge in [-0.1, -0.05) is 0 Å². The molecule has 0 fully saturated rings. The number of rotatable bonds is 5. The summed E-state index contributed by atoms with van der Waals surface area (Å²) in [6, 6.07) is 2.04. The van der Waals surface area contributed by atoms with Gasteiger partial charge in [0, 0.05) is 6.07 Å². The maximum atomic E-state index is 13.8. The monoisotopic (exact) mass is 295 g/mol. The van der Waals surface area contributed by atoms with Crippen LogP contribution in [-0.4, -0.2) is 17.0 Å². The molecule has 0 saturated carbocycles. The molecule has 8 heteroatoms. The quantitative estimate of drug-likeness (QED) is 0.673. The molecule has 1 N–H and O–H groups in total. The van der Waals surface area contributed by atoms with Crippen molar-refractivity contribution in [3.63, 3.8) is 0 Å². The lowest BCUT2D eigenvalue weighted by Crippen LogP contribution is -2.04. The van der Waals surface area contributed by atoms with Gasteiger partial charge < -0.3 is 14.5 Å². The van der Waals surface area contributed by atoms with Crippen LogP contribution in [0.1, 0.15) is 17.3 Å². The maximum absolute atomic E-state index is 13.8. The summed E-state index contributed by atoms with van der Waals surface area (Å²) in [7, 11) is 1.28. The Balaban J connectivity index is 2.22. The molecule has 0 radical (unpaired) electrons. The van der Waals surface area contributed by atoms with Crippen molar-refractivity contribution in [2.45, 2.75) is 20.4 Å². The summed E-state index contributed by atoms with van der Waals surface area (Å²) in [6.07, 6.45) is 0. The van der Waals surface area contributed by atoms with Crippen LogP contribution in [0.2, 0.25) is 0 Å². The molecule has 0 aliphatic rings. The van der Waals surface area contributed by atoms with Gasteiger partial charge in [-0.15, -0.1) is 0 Å². The normalized spacial score (nSPS) is 10.5. The highest BCUT2D eigenvalue weighted by atomic mass is 19.1. The van der Waals surface area contributed by atoms with E-state index in [1.165, 1.54) is 13.2 Å². The zero-order chi connectivity index (χ0) is 15.6. The minimum Gasteiger partial charge on any atom is -0.490 e. The van der Waals surface area contributed by atoms with Crippen LogP contribution in [-0.2, 0) is 6.54 Å². The third kappa shape index (κ3) is 3.10. The lowest BCUT2D eigenvalue weighted by molar-refractivity contribution is -0.385. The first-order valence-electron chi connectivity index (χ1n) is 6.11. The Morgan fingerprint density at radius 1 is 1.48 bits per heavy atom. The molecule has 21 heavy (non-hydrogen) atoms. The van der Waals surface area contributed by atoms with Crippen molar-refractivity contribution in [1.82, 2.24) is 4.98 Å². The number of anilines is 1. The van der Waals surface area contributed by atoms with Crippen LogP contribution in [0, 0.1) is 29.8 Å². The summed E-state index contributed by atoms with van der Waals surface area (Å²) in [6.45, 7) is 3.74. The van der Waals surface area contributed by atoms with E-state index in [1.807, 2.05) is 0 Å². The first-order valence-corrected chi connectivity index (χ1v) is 6.11. The molecule has 1 heterocycles. The fourth-order valence-corrected chi connectivity index (χ4v) is 1.77. The van der Waals surface area contributed by atoms with Gasteiger partial charge in [0.2, 0.25) is 5.89 Å². The van der Waals surface area contributed by atoms with Gasteiger partial charge in [-0.25, -0.2) is 9.37 Å². The third-order valence-corrected chi connectivity index (χ3v) is 2.97. The average Bonchev–Trinajstić information content (AvgIpc) is 2.76. The molecule has 2 rings (SSSR count). The number of aromatic nitrogens is 1. The van der Waals surface area contributed by atoms with E-state index in [4.69, 9.17) is 9.15 Å². The highest BCUT2D eigenvalue weighted by Crippen LogP contribution is 2.32. The molecule has 7 nitrogen and oxygen atoms in total. The second-order valence-corrected chi connectivity index (χ2v) is 4.36. The predicted molar refractivity (Wildman–Crippen MR) is 72.9 cm³/mol. The molecule has 0 atom stereocenters. The maximum Gasteiger partial charge on any atom is 0.313 e. The van der Waals surface area contributed by atoms with Crippen molar-refractivity contribution in [3.8, 4) is 5.75 Å². The van der Waals surface area contributed by atoms with Gasteiger partial charge >= 0.3 is 5.69 Å². The summed E-state index contributed by atoms with van der Waals surface area (Å²) in [5.74, 6) is 0.321. The van der Waals surface area contributed by atoms with E-state index in [0.717, 1.165) is 11.8 Å². The van der Waals surface area contributed by atoms with E-state index in [9.17, 15) is 14.5 Å².